The van der Waals surface area contributed by atoms with Crippen molar-refractivity contribution in [2.75, 3.05) is 6.61 Å². The SMILES string of the molecule is C=C(F)/C=C(/OCC)C(=C)C. The molecule has 0 rings (SSSR count). The van der Waals surface area contributed by atoms with Gasteiger partial charge in [-0.2, -0.15) is 0 Å². The van der Waals surface area contributed by atoms with E-state index in [-0.39, 0.29) is 0 Å². The zero-order chi connectivity index (χ0) is 8.85. The van der Waals surface area contributed by atoms with Gasteiger partial charge in [-0.25, -0.2) is 4.39 Å². The summed E-state index contributed by atoms with van der Waals surface area (Å²) in [4.78, 5) is 0. The smallest absolute Gasteiger partial charge is 0.124 e. The molecule has 0 aliphatic carbocycles. The summed E-state index contributed by atoms with van der Waals surface area (Å²) in [6, 6.07) is 0. The van der Waals surface area contributed by atoms with E-state index in [4.69, 9.17) is 4.74 Å². The summed E-state index contributed by atoms with van der Waals surface area (Å²) in [5.41, 5.74) is 0.700. The van der Waals surface area contributed by atoms with Crippen LogP contribution in [0, 0.1) is 0 Å². The fourth-order valence-corrected chi connectivity index (χ4v) is 0.586. The van der Waals surface area contributed by atoms with Gasteiger partial charge in [-0.1, -0.05) is 13.2 Å². The Kier molecular flexibility index (Phi) is 4.27. The average molecular weight is 156 g/mol. The van der Waals surface area contributed by atoms with E-state index in [9.17, 15) is 4.39 Å². The minimum absolute atomic E-state index is 0.458. The summed E-state index contributed by atoms with van der Waals surface area (Å²) in [7, 11) is 0. The third-order valence-corrected chi connectivity index (χ3v) is 1.01. The molecule has 11 heavy (non-hydrogen) atoms. The summed E-state index contributed by atoms with van der Waals surface area (Å²) in [5, 5.41) is 0. The zero-order valence-corrected chi connectivity index (χ0v) is 6.98. The normalized spacial score (nSPS) is 11.0. The van der Waals surface area contributed by atoms with E-state index in [2.05, 4.69) is 13.2 Å². The van der Waals surface area contributed by atoms with E-state index in [1.54, 1.807) is 6.92 Å². The number of rotatable bonds is 4. The molecule has 0 bridgehead atoms. The molecule has 0 fully saturated rings. The van der Waals surface area contributed by atoms with Gasteiger partial charge in [0.2, 0.25) is 0 Å². The molecule has 2 heteroatoms. The van der Waals surface area contributed by atoms with E-state index < -0.39 is 5.83 Å². The second-order valence-electron chi connectivity index (χ2n) is 2.17. The molecule has 0 spiro atoms. The monoisotopic (exact) mass is 156 g/mol. The topological polar surface area (TPSA) is 9.23 Å². The Morgan fingerprint density at radius 2 is 2.09 bits per heavy atom. The Hall–Kier alpha value is -1.05. The molecule has 0 N–H and O–H groups in total. The third-order valence-electron chi connectivity index (χ3n) is 1.01. The van der Waals surface area contributed by atoms with Crippen LogP contribution in [0.1, 0.15) is 13.8 Å². The lowest BCUT2D eigenvalue weighted by atomic mass is 10.2. The van der Waals surface area contributed by atoms with Crippen molar-refractivity contribution in [2.24, 2.45) is 0 Å². The summed E-state index contributed by atoms with van der Waals surface area (Å²) in [5.74, 6) is -0.0588. The number of allylic oxidation sites excluding steroid dienone is 3. The van der Waals surface area contributed by atoms with Gasteiger partial charge >= 0.3 is 0 Å². The summed E-state index contributed by atoms with van der Waals surface area (Å²) < 4.78 is 17.3. The van der Waals surface area contributed by atoms with Crippen LogP contribution in [-0.4, -0.2) is 6.61 Å². The van der Waals surface area contributed by atoms with Crippen molar-refractivity contribution in [3.05, 3.63) is 36.4 Å². The molecule has 0 aromatic rings. The van der Waals surface area contributed by atoms with E-state index in [1.165, 1.54) is 6.08 Å². The van der Waals surface area contributed by atoms with Gasteiger partial charge < -0.3 is 4.74 Å². The maximum Gasteiger partial charge on any atom is 0.124 e. The van der Waals surface area contributed by atoms with E-state index in [0.717, 1.165) is 0 Å². The van der Waals surface area contributed by atoms with Gasteiger partial charge in [-0.15, -0.1) is 0 Å². The highest BCUT2D eigenvalue weighted by atomic mass is 19.1. The lowest BCUT2D eigenvalue weighted by Crippen LogP contribution is -1.92. The van der Waals surface area contributed by atoms with Crippen molar-refractivity contribution in [3.63, 3.8) is 0 Å². The van der Waals surface area contributed by atoms with Crippen LogP contribution in [0.15, 0.2) is 36.4 Å². The summed E-state index contributed by atoms with van der Waals surface area (Å²) >= 11 is 0. The molecule has 0 heterocycles. The van der Waals surface area contributed by atoms with Crippen molar-refractivity contribution in [1.29, 1.82) is 0 Å². The van der Waals surface area contributed by atoms with Crippen LogP contribution in [0.5, 0.6) is 0 Å². The fraction of sp³-hybridized carbons (Fsp3) is 0.333. The molecule has 0 aliphatic heterocycles. The Bertz CT molecular complexity index is 192. The third kappa shape index (κ3) is 4.37. The highest BCUT2D eigenvalue weighted by Crippen LogP contribution is 2.11. The highest BCUT2D eigenvalue weighted by molar-refractivity contribution is 5.26. The second-order valence-corrected chi connectivity index (χ2v) is 2.17. The van der Waals surface area contributed by atoms with Gasteiger partial charge in [0.1, 0.15) is 11.6 Å². The molecule has 0 aromatic heterocycles. The Morgan fingerprint density at radius 3 is 2.36 bits per heavy atom. The molecule has 0 saturated carbocycles. The molecule has 0 saturated heterocycles. The van der Waals surface area contributed by atoms with Crippen LogP contribution in [0.4, 0.5) is 4.39 Å². The lowest BCUT2D eigenvalue weighted by molar-refractivity contribution is 0.237. The van der Waals surface area contributed by atoms with Gasteiger partial charge in [0.15, 0.2) is 0 Å². The molecular formula is C9H13FO. The lowest BCUT2D eigenvalue weighted by Gasteiger charge is -2.06. The minimum atomic E-state index is -0.517. The fourth-order valence-electron chi connectivity index (χ4n) is 0.586. The van der Waals surface area contributed by atoms with Crippen LogP contribution in [0.2, 0.25) is 0 Å². The van der Waals surface area contributed by atoms with Crippen molar-refractivity contribution in [1.82, 2.24) is 0 Å². The first-order valence-corrected chi connectivity index (χ1v) is 3.42. The molecule has 0 aliphatic rings. The van der Waals surface area contributed by atoms with Crippen molar-refractivity contribution >= 4 is 0 Å². The molecule has 0 amide bonds. The molecule has 0 atom stereocenters. The van der Waals surface area contributed by atoms with E-state index >= 15 is 0 Å². The Labute approximate surface area is 66.9 Å². The first-order valence-electron chi connectivity index (χ1n) is 3.42. The molecule has 0 unspecified atom stereocenters. The molecule has 62 valence electrons. The average Bonchev–Trinajstić information content (AvgIpc) is 1.86. The highest BCUT2D eigenvalue weighted by Gasteiger charge is 1.97. The molecular weight excluding hydrogens is 143 g/mol. The van der Waals surface area contributed by atoms with Gasteiger partial charge in [-0.05, 0) is 19.4 Å². The first-order chi connectivity index (χ1) is 5.07. The van der Waals surface area contributed by atoms with Gasteiger partial charge in [0, 0.05) is 6.08 Å². The molecule has 0 aromatic carbocycles. The van der Waals surface area contributed by atoms with Crippen molar-refractivity contribution in [2.45, 2.75) is 13.8 Å². The van der Waals surface area contributed by atoms with Crippen LogP contribution < -0.4 is 0 Å². The zero-order valence-electron chi connectivity index (χ0n) is 6.98. The summed E-state index contributed by atoms with van der Waals surface area (Å²) in [6.07, 6.45) is 1.23. The van der Waals surface area contributed by atoms with Crippen LogP contribution >= 0.6 is 0 Å². The maximum absolute atomic E-state index is 12.2. The molecule has 0 radical (unpaired) electrons. The number of hydrogen-bond acceptors (Lipinski definition) is 1. The van der Waals surface area contributed by atoms with Crippen molar-refractivity contribution < 1.29 is 9.13 Å². The predicted molar refractivity (Wildman–Crippen MR) is 44.8 cm³/mol. The number of hydrogen-bond donors (Lipinski definition) is 0. The Balaban J connectivity index is 4.32. The van der Waals surface area contributed by atoms with Crippen LogP contribution in [-0.2, 0) is 4.74 Å². The van der Waals surface area contributed by atoms with Crippen molar-refractivity contribution in [3.8, 4) is 0 Å². The number of halogens is 1. The van der Waals surface area contributed by atoms with E-state index in [1.807, 2.05) is 6.92 Å². The predicted octanol–water partition coefficient (Wildman–Crippen LogP) is 2.97. The van der Waals surface area contributed by atoms with Gasteiger partial charge in [0.25, 0.3) is 0 Å². The molecule has 1 nitrogen and oxygen atoms in total. The maximum atomic E-state index is 12.2. The second kappa shape index (κ2) is 4.72. The quantitative estimate of drug-likeness (QED) is 0.449. The Morgan fingerprint density at radius 1 is 1.55 bits per heavy atom. The van der Waals surface area contributed by atoms with Crippen LogP contribution in [0.25, 0.3) is 0 Å². The van der Waals surface area contributed by atoms with E-state index in [0.29, 0.717) is 17.9 Å². The standard InChI is InChI=1S/C9H13FO/c1-5-11-9(7(2)3)6-8(4)10/h6H,2,4-5H2,1,3H3/b9-6+. The largest absolute Gasteiger partial charge is 0.494 e. The van der Waals surface area contributed by atoms with Crippen LogP contribution in [0.3, 0.4) is 0 Å². The number of ether oxygens (including phenoxy) is 1. The minimum Gasteiger partial charge on any atom is -0.494 e. The first kappa shape index (κ1) is 9.95. The van der Waals surface area contributed by atoms with Gasteiger partial charge in [-0.3, -0.25) is 0 Å². The summed E-state index contributed by atoms with van der Waals surface area (Å²) in [6.45, 7) is 10.8. The van der Waals surface area contributed by atoms with Gasteiger partial charge in [0.05, 0.1) is 6.61 Å².